The van der Waals surface area contributed by atoms with E-state index in [2.05, 4.69) is 10.7 Å². The van der Waals surface area contributed by atoms with E-state index in [1.165, 1.54) is 7.05 Å². The number of aromatic amines is 1. The molecule has 0 aliphatic carbocycles. The number of carbonyl (C=O) groups is 1. The molecule has 4 N–H and O–H groups in total. The molecule has 0 saturated heterocycles. The van der Waals surface area contributed by atoms with Gasteiger partial charge in [-0.05, 0) is 57.7 Å². The van der Waals surface area contributed by atoms with Gasteiger partial charge in [0.05, 0.1) is 11.2 Å². The summed E-state index contributed by atoms with van der Waals surface area (Å²) in [7, 11) is 3.10. The second kappa shape index (κ2) is 7.09. The van der Waals surface area contributed by atoms with Crippen LogP contribution in [0.1, 0.15) is 38.1 Å². The number of aromatic nitrogens is 1. The lowest BCUT2D eigenvalue weighted by molar-refractivity contribution is -0.0893. The molecule has 0 unspecified atom stereocenters. The van der Waals surface area contributed by atoms with Crippen molar-refractivity contribution in [2.24, 2.45) is 5.73 Å². The summed E-state index contributed by atoms with van der Waals surface area (Å²) in [5, 5.41) is 11.1. The topological polar surface area (TPSA) is 88.3 Å². The Morgan fingerprint density at radius 3 is 2.45 bits per heavy atom. The Kier molecular flexibility index (Phi) is 5.94. The number of aldehydes is 1. The molecule has 2 aromatic rings. The summed E-state index contributed by atoms with van der Waals surface area (Å²) < 4.78 is 5.75. The van der Waals surface area contributed by atoms with Gasteiger partial charge in [-0.2, -0.15) is 0 Å². The molecule has 1 radical (unpaired) electrons. The predicted octanol–water partition coefficient (Wildman–Crippen LogP) is 1.37. The normalized spacial score (nSPS) is 11.8. The highest BCUT2D eigenvalue weighted by Gasteiger charge is 2.35. The molecule has 0 saturated carbocycles. The van der Waals surface area contributed by atoms with Crippen molar-refractivity contribution in [3.8, 4) is 0 Å². The molecule has 0 aliphatic rings. The highest BCUT2D eigenvalue weighted by molar-refractivity contribution is 6.51. The lowest BCUT2D eigenvalue weighted by Gasteiger charge is -2.37. The number of nitrogens with one attached hydrogen (secondary N) is 1. The number of hydrogen-bond donors (Lipinski definition) is 3. The first-order chi connectivity index (χ1) is 10.2. The standard InChI is InChI=1S/C15H19BNO3.CH5N/c1-14(2,19)15(3,4)20-16-12-7-10(9-18)8-13-11(12)5-6-17-13;1-2/h5-9,17,19H,1-4H3;2H2,1H3. The molecule has 5 nitrogen and oxygen atoms in total. The third kappa shape index (κ3) is 3.97. The minimum Gasteiger partial charge on any atom is -0.427 e. The van der Waals surface area contributed by atoms with Crippen LogP contribution < -0.4 is 11.2 Å². The maximum Gasteiger partial charge on any atom is 0.331 e. The lowest BCUT2D eigenvalue weighted by atomic mass is 9.80. The van der Waals surface area contributed by atoms with Crippen LogP contribution in [-0.2, 0) is 4.65 Å². The average Bonchev–Trinajstić information content (AvgIpc) is 2.93. The number of hydrogen-bond acceptors (Lipinski definition) is 4. The molecule has 0 amide bonds. The van der Waals surface area contributed by atoms with Crippen molar-refractivity contribution in [2.45, 2.75) is 38.9 Å². The van der Waals surface area contributed by atoms with Gasteiger partial charge in [0.25, 0.3) is 0 Å². The lowest BCUT2D eigenvalue weighted by Crippen LogP contribution is -2.49. The minimum atomic E-state index is -0.983. The molecule has 1 aromatic carbocycles. The number of carbonyl (C=O) groups excluding carboxylic acids is 1. The van der Waals surface area contributed by atoms with Gasteiger partial charge < -0.3 is 20.5 Å². The van der Waals surface area contributed by atoms with Gasteiger partial charge in [0.15, 0.2) is 0 Å². The van der Waals surface area contributed by atoms with Gasteiger partial charge in [0.1, 0.15) is 6.29 Å². The molecular formula is C16H24BN2O3. The van der Waals surface area contributed by atoms with E-state index < -0.39 is 11.2 Å². The second-order valence-electron chi connectivity index (χ2n) is 5.97. The van der Waals surface area contributed by atoms with Gasteiger partial charge in [-0.15, -0.1) is 0 Å². The SMILES string of the molecule is CC(C)(O)C(C)(C)O[B]c1cc(C=O)cc2[nH]ccc12.CN. The number of H-pyrrole nitrogens is 1. The van der Waals surface area contributed by atoms with E-state index in [9.17, 15) is 9.90 Å². The summed E-state index contributed by atoms with van der Waals surface area (Å²) in [4.78, 5) is 14.1. The second-order valence-corrected chi connectivity index (χ2v) is 5.97. The number of fused-ring (bicyclic) bond motifs is 1. The van der Waals surface area contributed by atoms with Gasteiger partial charge in [0.2, 0.25) is 0 Å². The van der Waals surface area contributed by atoms with Gasteiger partial charge in [-0.3, -0.25) is 4.79 Å². The van der Waals surface area contributed by atoms with Crippen LogP contribution in [0.2, 0.25) is 0 Å². The van der Waals surface area contributed by atoms with E-state index in [4.69, 9.17) is 4.65 Å². The molecule has 0 aliphatic heterocycles. The minimum absolute atomic E-state index is 0.580. The molecule has 6 heteroatoms. The number of nitrogens with two attached hydrogens (primary N) is 1. The first-order valence-electron chi connectivity index (χ1n) is 7.12. The first-order valence-corrected chi connectivity index (χ1v) is 7.12. The summed E-state index contributed by atoms with van der Waals surface area (Å²) in [6, 6.07) is 5.49. The zero-order valence-corrected chi connectivity index (χ0v) is 13.8. The zero-order chi connectivity index (χ0) is 17.0. The van der Waals surface area contributed by atoms with Gasteiger partial charge in [-0.1, -0.05) is 6.07 Å². The summed E-state index contributed by atoms with van der Waals surface area (Å²) in [6.45, 7) is 7.05. The van der Waals surface area contributed by atoms with Crippen LogP contribution in [-0.4, -0.2) is 42.1 Å². The maximum atomic E-state index is 11.0. The number of aliphatic hydroxyl groups is 1. The van der Waals surface area contributed by atoms with Crippen LogP contribution in [0.4, 0.5) is 0 Å². The fourth-order valence-electron chi connectivity index (χ4n) is 1.74. The largest absolute Gasteiger partial charge is 0.427 e. The Balaban J connectivity index is 0.00000116. The molecule has 1 aromatic heterocycles. The molecular weight excluding hydrogens is 279 g/mol. The van der Waals surface area contributed by atoms with E-state index in [0.29, 0.717) is 5.56 Å². The van der Waals surface area contributed by atoms with Gasteiger partial charge in [0, 0.05) is 17.3 Å². The van der Waals surface area contributed by atoms with Crippen LogP contribution >= 0.6 is 0 Å². The third-order valence-electron chi connectivity index (χ3n) is 3.81. The van der Waals surface area contributed by atoms with Crippen LogP contribution in [0.5, 0.6) is 0 Å². The fraction of sp³-hybridized carbons (Fsp3) is 0.438. The van der Waals surface area contributed by atoms with Crippen LogP contribution in [0.15, 0.2) is 24.4 Å². The van der Waals surface area contributed by atoms with Crippen molar-refractivity contribution in [3.63, 3.8) is 0 Å². The van der Waals surface area contributed by atoms with Crippen molar-refractivity contribution in [2.75, 3.05) is 7.05 Å². The molecule has 22 heavy (non-hydrogen) atoms. The molecule has 2 rings (SSSR count). The maximum absolute atomic E-state index is 11.0. The van der Waals surface area contributed by atoms with Crippen molar-refractivity contribution in [3.05, 3.63) is 30.0 Å². The van der Waals surface area contributed by atoms with Crippen molar-refractivity contribution < 1.29 is 14.6 Å². The van der Waals surface area contributed by atoms with E-state index in [1.807, 2.05) is 26.1 Å². The van der Waals surface area contributed by atoms with E-state index >= 15 is 0 Å². The first kappa shape index (κ1) is 18.4. The van der Waals surface area contributed by atoms with Crippen molar-refractivity contribution in [1.82, 2.24) is 4.98 Å². The Morgan fingerprint density at radius 1 is 1.27 bits per heavy atom. The fourth-order valence-corrected chi connectivity index (χ4v) is 1.74. The quantitative estimate of drug-likeness (QED) is 0.575. The van der Waals surface area contributed by atoms with E-state index in [-0.39, 0.29) is 0 Å². The van der Waals surface area contributed by atoms with Crippen molar-refractivity contribution >= 4 is 30.1 Å². The molecule has 119 valence electrons. The van der Waals surface area contributed by atoms with E-state index in [0.717, 1.165) is 22.7 Å². The molecule has 0 spiro atoms. The van der Waals surface area contributed by atoms with Crippen LogP contribution in [0.3, 0.4) is 0 Å². The molecule has 1 heterocycles. The number of benzene rings is 1. The highest BCUT2D eigenvalue weighted by atomic mass is 16.5. The summed E-state index contributed by atoms with van der Waals surface area (Å²) in [5.41, 5.74) is 5.04. The number of rotatable bonds is 5. The summed E-state index contributed by atoms with van der Waals surface area (Å²) in [5.74, 6) is 0. The van der Waals surface area contributed by atoms with E-state index in [1.54, 1.807) is 33.5 Å². The molecule has 0 atom stereocenters. The monoisotopic (exact) mass is 303 g/mol. The smallest absolute Gasteiger partial charge is 0.331 e. The van der Waals surface area contributed by atoms with Crippen LogP contribution in [0, 0.1) is 0 Å². The third-order valence-corrected chi connectivity index (χ3v) is 3.81. The summed E-state index contributed by atoms with van der Waals surface area (Å²) >= 11 is 0. The molecule has 0 bridgehead atoms. The molecule has 0 fully saturated rings. The average molecular weight is 303 g/mol. The Labute approximate surface area is 132 Å². The van der Waals surface area contributed by atoms with Gasteiger partial charge in [-0.25, -0.2) is 0 Å². The van der Waals surface area contributed by atoms with Crippen LogP contribution in [0.25, 0.3) is 10.9 Å². The Hall–Kier alpha value is -1.63. The van der Waals surface area contributed by atoms with Gasteiger partial charge >= 0.3 is 7.48 Å². The highest BCUT2D eigenvalue weighted by Crippen LogP contribution is 2.24. The Bertz CT molecular complexity index is 630. The summed E-state index contributed by atoms with van der Waals surface area (Å²) in [6.07, 6.45) is 2.62. The van der Waals surface area contributed by atoms with Crippen molar-refractivity contribution in [1.29, 1.82) is 0 Å². The Morgan fingerprint density at radius 2 is 1.91 bits per heavy atom. The zero-order valence-electron chi connectivity index (χ0n) is 13.8. The predicted molar refractivity (Wildman–Crippen MR) is 90.6 cm³/mol.